The standard InChI is InChI=1S/C26H32Cl2N2O3/c1-4-23(26(32)29-21-7-5-6-8-21)30(15-19-9-11-20(27)12-10-19)24(31)16-33-22-13-17(2)25(28)18(3)14-22/h9-14,21,23H,4-8,15-16H2,1-3H3,(H,29,32)/t23-/m0/s1. The highest BCUT2D eigenvalue weighted by molar-refractivity contribution is 6.32. The lowest BCUT2D eigenvalue weighted by molar-refractivity contribution is -0.143. The van der Waals surface area contributed by atoms with Gasteiger partial charge < -0.3 is 15.0 Å². The highest BCUT2D eigenvalue weighted by atomic mass is 35.5. The van der Waals surface area contributed by atoms with E-state index in [1.807, 2.05) is 45.0 Å². The lowest BCUT2D eigenvalue weighted by atomic mass is 10.1. The molecule has 3 rings (SSSR count). The zero-order chi connectivity index (χ0) is 24.0. The summed E-state index contributed by atoms with van der Waals surface area (Å²) in [6, 6.07) is 10.6. The Labute approximate surface area is 206 Å². The summed E-state index contributed by atoms with van der Waals surface area (Å²) in [5.41, 5.74) is 2.68. The predicted molar refractivity (Wildman–Crippen MR) is 133 cm³/mol. The molecule has 7 heteroatoms. The van der Waals surface area contributed by atoms with E-state index in [9.17, 15) is 9.59 Å². The minimum Gasteiger partial charge on any atom is -0.484 e. The van der Waals surface area contributed by atoms with Crippen LogP contribution in [0.2, 0.25) is 10.0 Å². The number of halogens is 2. The van der Waals surface area contributed by atoms with Crippen molar-refractivity contribution in [2.75, 3.05) is 6.61 Å². The molecule has 2 aromatic carbocycles. The van der Waals surface area contributed by atoms with Gasteiger partial charge in [-0.1, -0.05) is 55.1 Å². The number of hydrogen-bond donors (Lipinski definition) is 1. The number of amides is 2. The molecule has 0 spiro atoms. The van der Waals surface area contributed by atoms with Gasteiger partial charge in [-0.05, 0) is 74.1 Å². The number of benzene rings is 2. The van der Waals surface area contributed by atoms with Crippen molar-refractivity contribution in [2.24, 2.45) is 0 Å². The van der Waals surface area contributed by atoms with Crippen molar-refractivity contribution in [3.63, 3.8) is 0 Å². The number of carbonyl (C=O) groups is 2. The monoisotopic (exact) mass is 490 g/mol. The van der Waals surface area contributed by atoms with Gasteiger partial charge in [0.25, 0.3) is 5.91 Å². The first-order valence-electron chi connectivity index (χ1n) is 11.5. The molecular weight excluding hydrogens is 459 g/mol. The molecule has 1 aliphatic carbocycles. The van der Waals surface area contributed by atoms with Gasteiger partial charge >= 0.3 is 0 Å². The van der Waals surface area contributed by atoms with Crippen LogP contribution < -0.4 is 10.1 Å². The summed E-state index contributed by atoms with van der Waals surface area (Å²) in [6.07, 6.45) is 4.75. The Morgan fingerprint density at radius 1 is 1.09 bits per heavy atom. The van der Waals surface area contributed by atoms with Crippen LogP contribution in [0, 0.1) is 13.8 Å². The van der Waals surface area contributed by atoms with Gasteiger partial charge in [0.05, 0.1) is 0 Å². The van der Waals surface area contributed by atoms with E-state index in [2.05, 4.69) is 5.32 Å². The van der Waals surface area contributed by atoms with Crippen LogP contribution in [0.3, 0.4) is 0 Å². The highest BCUT2D eigenvalue weighted by Gasteiger charge is 2.30. The molecule has 1 aliphatic rings. The van der Waals surface area contributed by atoms with Gasteiger partial charge in [0.2, 0.25) is 5.91 Å². The Balaban J connectivity index is 1.77. The molecule has 1 N–H and O–H groups in total. The Morgan fingerprint density at radius 2 is 1.70 bits per heavy atom. The van der Waals surface area contributed by atoms with Crippen molar-refractivity contribution in [2.45, 2.75) is 71.5 Å². The molecule has 0 bridgehead atoms. The second-order valence-corrected chi connectivity index (χ2v) is 9.54. The van der Waals surface area contributed by atoms with Crippen molar-refractivity contribution in [3.05, 3.63) is 63.1 Å². The quantitative estimate of drug-likeness (QED) is 0.479. The first-order valence-corrected chi connectivity index (χ1v) is 12.3. The number of nitrogens with one attached hydrogen (secondary N) is 1. The largest absolute Gasteiger partial charge is 0.484 e. The molecule has 178 valence electrons. The third kappa shape index (κ3) is 6.87. The maximum absolute atomic E-state index is 13.3. The van der Waals surface area contributed by atoms with Crippen LogP contribution >= 0.6 is 23.2 Å². The highest BCUT2D eigenvalue weighted by Crippen LogP contribution is 2.26. The van der Waals surface area contributed by atoms with Crippen molar-refractivity contribution < 1.29 is 14.3 Å². The fourth-order valence-electron chi connectivity index (χ4n) is 4.29. The second kappa shape index (κ2) is 11.8. The van der Waals surface area contributed by atoms with Gasteiger partial charge in [-0.3, -0.25) is 9.59 Å². The van der Waals surface area contributed by atoms with Crippen LogP contribution in [0.15, 0.2) is 36.4 Å². The van der Waals surface area contributed by atoms with Crippen molar-refractivity contribution in [1.82, 2.24) is 10.2 Å². The van der Waals surface area contributed by atoms with E-state index in [1.54, 1.807) is 17.0 Å². The van der Waals surface area contributed by atoms with E-state index in [0.29, 0.717) is 28.8 Å². The van der Waals surface area contributed by atoms with Gasteiger partial charge in [-0.25, -0.2) is 0 Å². The number of hydrogen-bond acceptors (Lipinski definition) is 3. The van der Waals surface area contributed by atoms with Crippen LogP contribution in [0.4, 0.5) is 0 Å². The van der Waals surface area contributed by atoms with Crippen LogP contribution in [0.1, 0.15) is 55.7 Å². The third-order valence-electron chi connectivity index (χ3n) is 6.13. The molecule has 2 aromatic rings. The summed E-state index contributed by atoms with van der Waals surface area (Å²) in [7, 11) is 0. The zero-order valence-corrected chi connectivity index (χ0v) is 21.0. The number of ether oxygens (including phenoxy) is 1. The maximum Gasteiger partial charge on any atom is 0.261 e. The average Bonchev–Trinajstić information content (AvgIpc) is 3.29. The number of nitrogens with zero attached hydrogens (tertiary/aromatic N) is 1. The molecular formula is C26H32Cl2N2O3. The Kier molecular flexibility index (Phi) is 9.04. The van der Waals surface area contributed by atoms with Crippen LogP contribution in [-0.4, -0.2) is 35.4 Å². The SMILES string of the molecule is CC[C@@H](C(=O)NC1CCCC1)N(Cc1ccc(Cl)cc1)C(=O)COc1cc(C)c(Cl)c(C)c1. The summed E-state index contributed by atoms with van der Waals surface area (Å²) in [4.78, 5) is 28.1. The van der Waals surface area contributed by atoms with E-state index in [4.69, 9.17) is 27.9 Å². The Morgan fingerprint density at radius 3 is 2.27 bits per heavy atom. The van der Waals surface area contributed by atoms with Crippen molar-refractivity contribution in [1.29, 1.82) is 0 Å². The minimum atomic E-state index is -0.578. The molecule has 0 aliphatic heterocycles. The normalized spacial score (nSPS) is 14.7. The zero-order valence-electron chi connectivity index (χ0n) is 19.5. The maximum atomic E-state index is 13.3. The summed E-state index contributed by atoms with van der Waals surface area (Å²) in [5.74, 6) is 0.228. The Hall–Kier alpha value is -2.24. The van der Waals surface area contributed by atoms with Gasteiger partial charge in [0.15, 0.2) is 6.61 Å². The minimum absolute atomic E-state index is 0.107. The molecule has 0 unspecified atom stereocenters. The lowest BCUT2D eigenvalue weighted by Gasteiger charge is -2.31. The molecule has 5 nitrogen and oxygen atoms in total. The van der Waals surface area contributed by atoms with E-state index in [0.717, 1.165) is 42.4 Å². The van der Waals surface area contributed by atoms with E-state index in [1.165, 1.54) is 0 Å². The molecule has 1 saturated carbocycles. The van der Waals surface area contributed by atoms with Crippen LogP contribution in [0.5, 0.6) is 5.75 Å². The van der Waals surface area contributed by atoms with E-state index < -0.39 is 6.04 Å². The fourth-order valence-corrected chi connectivity index (χ4v) is 4.53. The van der Waals surface area contributed by atoms with E-state index in [-0.39, 0.29) is 24.5 Å². The van der Waals surface area contributed by atoms with E-state index >= 15 is 0 Å². The van der Waals surface area contributed by atoms with Gasteiger partial charge in [-0.2, -0.15) is 0 Å². The summed E-state index contributed by atoms with van der Waals surface area (Å²) >= 11 is 12.3. The van der Waals surface area contributed by atoms with Gasteiger partial charge in [0.1, 0.15) is 11.8 Å². The molecule has 0 aromatic heterocycles. The number of rotatable bonds is 9. The smallest absolute Gasteiger partial charge is 0.261 e. The molecule has 2 amide bonds. The summed E-state index contributed by atoms with van der Waals surface area (Å²) < 4.78 is 5.83. The van der Waals surface area contributed by atoms with Crippen molar-refractivity contribution >= 4 is 35.0 Å². The van der Waals surface area contributed by atoms with Gasteiger partial charge in [-0.15, -0.1) is 0 Å². The van der Waals surface area contributed by atoms with Gasteiger partial charge in [0, 0.05) is 22.6 Å². The van der Waals surface area contributed by atoms with Crippen LogP contribution in [0.25, 0.3) is 0 Å². The average molecular weight is 491 g/mol. The number of carbonyl (C=O) groups excluding carboxylic acids is 2. The Bertz CT molecular complexity index is 949. The predicted octanol–water partition coefficient (Wildman–Crippen LogP) is 5.86. The number of aryl methyl sites for hydroxylation is 2. The van der Waals surface area contributed by atoms with Crippen LogP contribution in [-0.2, 0) is 16.1 Å². The second-order valence-electron chi connectivity index (χ2n) is 8.72. The first kappa shape index (κ1) is 25.4. The molecule has 0 heterocycles. The summed E-state index contributed by atoms with van der Waals surface area (Å²) in [6.45, 7) is 5.86. The van der Waals surface area contributed by atoms with Crippen molar-refractivity contribution in [3.8, 4) is 5.75 Å². The molecule has 1 atom stereocenters. The first-order chi connectivity index (χ1) is 15.8. The summed E-state index contributed by atoms with van der Waals surface area (Å²) in [5, 5.41) is 4.46. The molecule has 0 radical (unpaired) electrons. The fraction of sp³-hybridized carbons (Fsp3) is 0.462. The third-order valence-corrected chi connectivity index (χ3v) is 6.97. The lowest BCUT2D eigenvalue weighted by Crippen LogP contribution is -2.52. The molecule has 0 saturated heterocycles. The molecule has 1 fully saturated rings. The topological polar surface area (TPSA) is 58.6 Å². The molecule has 33 heavy (non-hydrogen) atoms.